The van der Waals surface area contributed by atoms with E-state index in [0.29, 0.717) is 13.0 Å². The first-order chi connectivity index (χ1) is 10.1. The summed E-state index contributed by atoms with van der Waals surface area (Å²) in [4.78, 5) is 23.0. The van der Waals surface area contributed by atoms with Crippen LogP contribution in [0.3, 0.4) is 0 Å². The predicted octanol–water partition coefficient (Wildman–Crippen LogP) is 0.653. The summed E-state index contributed by atoms with van der Waals surface area (Å²) in [5.74, 6) is 0.291. The third-order valence-corrected chi connectivity index (χ3v) is 2.79. The van der Waals surface area contributed by atoms with Crippen LogP contribution >= 0.6 is 0 Å². The number of rotatable bonds is 6. The van der Waals surface area contributed by atoms with E-state index in [2.05, 4.69) is 16.2 Å². The van der Waals surface area contributed by atoms with E-state index in [0.717, 1.165) is 11.3 Å². The number of nitrogens with one attached hydrogen (secondary N) is 3. The predicted molar refractivity (Wildman–Crippen MR) is 79.4 cm³/mol. The molecule has 1 aromatic carbocycles. The molecule has 0 saturated carbocycles. The van der Waals surface area contributed by atoms with Gasteiger partial charge in [-0.3, -0.25) is 10.2 Å². The molecule has 0 fully saturated rings. The normalized spacial score (nSPS) is 11.4. The summed E-state index contributed by atoms with van der Waals surface area (Å²) < 4.78 is 5.46. The highest BCUT2D eigenvalue weighted by molar-refractivity contribution is 5.84. The van der Waals surface area contributed by atoms with Gasteiger partial charge >= 0.3 is 6.03 Å². The molecule has 0 spiro atoms. The van der Waals surface area contributed by atoms with Gasteiger partial charge in [0.15, 0.2) is 0 Å². The average molecular weight is 294 g/mol. The fourth-order valence-corrected chi connectivity index (χ4v) is 1.56. The highest BCUT2D eigenvalue weighted by atomic mass is 16.5. The van der Waals surface area contributed by atoms with Crippen molar-refractivity contribution in [3.8, 4) is 5.75 Å². The van der Waals surface area contributed by atoms with Crippen LogP contribution < -0.4 is 26.6 Å². The number of amides is 3. The lowest BCUT2D eigenvalue weighted by Crippen LogP contribution is -2.51. The number of carbonyl (C=O) groups excluding carboxylic acids is 2. The Balaban J connectivity index is 2.41. The number of benzene rings is 1. The summed E-state index contributed by atoms with van der Waals surface area (Å²) >= 11 is 0. The Morgan fingerprint density at radius 2 is 1.95 bits per heavy atom. The zero-order valence-electron chi connectivity index (χ0n) is 12.3. The highest BCUT2D eigenvalue weighted by Crippen LogP contribution is 2.17. The number of carbonyl (C=O) groups is 2. The van der Waals surface area contributed by atoms with Gasteiger partial charge in [0.1, 0.15) is 5.75 Å². The molecule has 0 bridgehead atoms. The van der Waals surface area contributed by atoms with Crippen LogP contribution in [0.25, 0.3) is 0 Å². The molecule has 5 N–H and O–H groups in total. The van der Waals surface area contributed by atoms with E-state index in [-0.39, 0.29) is 6.54 Å². The van der Waals surface area contributed by atoms with Crippen molar-refractivity contribution in [3.63, 3.8) is 0 Å². The molecule has 1 rings (SSSR count). The average Bonchev–Trinajstić information content (AvgIpc) is 2.51. The van der Waals surface area contributed by atoms with Crippen molar-refractivity contribution in [1.29, 1.82) is 0 Å². The van der Waals surface area contributed by atoms with Gasteiger partial charge in [-0.2, -0.15) is 0 Å². The summed E-state index contributed by atoms with van der Waals surface area (Å²) in [6, 6.07) is 6.26. The van der Waals surface area contributed by atoms with Crippen molar-refractivity contribution in [2.45, 2.75) is 32.9 Å². The van der Waals surface area contributed by atoms with Crippen LogP contribution in [-0.4, -0.2) is 24.6 Å². The lowest BCUT2D eigenvalue weighted by molar-refractivity contribution is -0.123. The second-order valence-corrected chi connectivity index (χ2v) is 4.35. The van der Waals surface area contributed by atoms with Crippen molar-refractivity contribution in [2.24, 2.45) is 5.73 Å². The standard InChI is InChI=1S/C14H22N4O3/c1-3-11(15)13(19)17-18-14(20)16-9-10-7-5-6-8-12(10)21-4-2/h5-8,11H,3-4,9,15H2,1-2H3,(H,17,19)(H2,16,18,20)/t11-/m0/s1. The van der Waals surface area contributed by atoms with Crippen LogP contribution in [0.4, 0.5) is 4.79 Å². The maximum atomic E-state index is 11.6. The summed E-state index contributed by atoms with van der Waals surface area (Å²) in [5, 5.41) is 2.62. The molecule has 3 amide bonds. The minimum Gasteiger partial charge on any atom is -0.494 e. The van der Waals surface area contributed by atoms with Crippen LogP contribution in [0, 0.1) is 0 Å². The van der Waals surface area contributed by atoms with Gasteiger partial charge in [-0.05, 0) is 19.4 Å². The fraction of sp³-hybridized carbons (Fsp3) is 0.429. The molecule has 0 aliphatic rings. The lowest BCUT2D eigenvalue weighted by atomic mass is 10.2. The molecule has 0 unspecified atom stereocenters. The number of hydrogen-bond donors (Lipinski definition) is 4. The Hall–Kier alpha value is -2.28. The number of urea groups is 1. The summed E-state index contributed by atoms with van der Waals surface area (Å²) in [5.41, 5.74) is 10.9. The van der Waals surface area contributed by atoms with Crippen LogP contribution in [0.2, 0.25) is 0 Å². The maximum absolute atomic E-state index is 11.6. The number of hydrazine groups is 1. The van der Waals surface area contributed by atoms with E-state index in [4.69, 9.17) is 10.5 Å². The number of nitrogens with two attached hydrogens (primary N) is 1. The molecular weight excluding hydrogens is 272 g/mol. The molecule has 1 atom stereocenters. The van der Waals surface area contributed by atoms with Gasteiger partial charge in [-0.1, -0.05) is 25.1 Å². The Labute approximate surface area is 124 Å². The van der Waals surface area contributed by atoms with E-state index in [1.54, 1.807) is 6.92 Å². The van der Waals surface area contributed by atoms with Gasteiger partial charge in [-0.25, -0.2) is 10.2 Å². The van der Waals surface area contributed by atoms with Crippen molar-refractivity contribution in [3.05, 3.63) is 29.8 Å². The van der Waals surface area contributed by atoms with E-state index in [9.17, 15) is 9.59 Å². The molecule has 7 heteroatoms. The Kier molecular flexibility index (Phi) is 7.03. The quantitative estimate of drug-likeness (QED) is 0.578. The Morgan fingerprint density at radius 1 is 1.24 bits per heavy atom. The van der Waals surface area contributed by atoms with E-state index in [1.165, 1.54) is 0 Å². The molecule has 0 aliphatic carbocycles. The van der Waals surface area contributed by atoms with Crippen molar-refractivity contribution in [1.82, 2.24) is 16.2 Å². The van der Waals surface area contributed by atoms with Gasteiger partial charge in [0.05, 0.1) is 12.6 Å². The van der Waals surface area contributed by atoms with Crippen molar-refractivity contribution in [2.75, 3.05) is 6.61 Å². The molecule has 21 heavy (non-hydrogen) atoms. The van der Waals surface area contributed by atoms with Gasteiger partial charge < -0.3 is 15.8 Å². The van der Waals surface area contributed by atoms with Crippen molar-refractivity contribution < 1.29 is 14.3 Å². The van der Waals surface area contributed by atoms with Gasteiger partial charge in [0.25, 0.3) is 5.91 Å². The Morgan fingerprint density at radius 3 is 2.62 bits per heavy atom. The lowest BCUT2D eigenvalue weighted by Gasteiger charge is -2.13. The third kappa shape index (κ3) is 5.70. The number of para-hydroxylation sites is 1. The first kappa shape index (κ1) is 16.8. The van der Waals surface area contributed by atoms with Crippen LogP contribution in [0.15, 0.2) is 24.3 Å². The molecule has 0 aromatic heterocycles. The first-order valence-electron chi connectivity index (χ1n) is 6.88. The molecule has 0 radical (unpaired) electrons. The zero-order valence-corrected chi connectivity index (χ0v) is 12.3. The number of ether oxygens (including phenoxy) is 1. The Bertz CT molecular complexity index is 479. The van der Waals surface area contributed by atoms with Crippen LogP contribution in [-0.2, 0) is 11.3 Å². The molecular formula is C14H22N4O3. The molecule has 0 saturated heterocycles. The SMILES string of the molecule is CCOc1ccccc1CNC(=O)NNC(=O)[C@@H](N)CC. The monoisotopic (exact) mass is 294 g/mol. The van der Waals surface area contributed by atoms with E-state index in [1.807, 2.05) is 31.2 Å². The molecule has 7 nitrogen and oxygen atoms in total. The minimum absolute atomic E-state index is 0.289. The second-order valence-electron chi connectivity index (χ2n) is 4.35. The van der Waals surface area contributed by atoms with Crippen LogP contribution in [0.5, 0.6) is 5.75 Å². The largest absolute Gasteiger partial charge is 0.494 e. The molecule has 0 heterocycles. The van der Waals surface area contributed by atoms with Gasteiger partial charge in [0.2, 0.25) is 0 Å². The molecule has 0 aliphatic heterocycles. The van der Waals surface area contributed by atoms with E-state index < -0.39 is 18.0 Å². The zero-order chi connectivity index (χ0) is 15.7. The fourth-order valence-electron chi connectivity index (χ4n) is 1.56. The summed E-state index contributed by atoms with van der Waals surface area (Å²) in [7, 11) is 0. The minimum atomic E-state index is -0.635. The third-order valence-electron chi connectivity index (χ3n) is 2.79. The maximum Gasteiger partial charge on any atom is 0.333 e. The van der Waals surface area contributed by atoms with Crippen molar-refractivity contribution >= 4 is 11.9 Å². The summed E-state index contributed by atoms with van der Waals surface area (Å²) in [6.45, 7) is 4.52. The van der Waals surface area contributed by atoms with E-state index >= 15 is 0 Å². The number of hydrogen-bond acceptors (Lipinski definition) is 4. The first-order valence-corrected chi connectivity index (χ1v) is 6.88. The summed E-state index contributed by atoms with van der Waals surface area (Å²) in [6.07, 6.45) is 0.497. The van der Waals surface area contributed by atoms with Crippen LogP contribution in [0.1, 0.15) is 25.8 Å². The molecule has 116 valence electrons. The topological polar surface area (TPSA) is 105 Å². The smallest absolute Gasteiger partial charge is 0.333 e. The molecule has 1 aromatic rings. The second kappa shape index (κ2) is 8.80. The van der Waals surface area contributed by atoms with Gasteiger partial charge in [-0.15, -0.1) is 0 Å². The van der Waals surface area contributed by atoms with Gasteiger partial charge in [0, 0.05) is 12.1 Å². The highest BCUT2D eigenvalue weighted by Gasteiger charge is 2.11.